The number of aliphatic hydroxyl groups excluding tert-OH is 2. The highest BCUT2D eigenvalue weighted by molar-refractivity contribution is 6.14. The second-order valence-electron chi connectivity index (χ2n) is 6.21. The molecule has 0 amide bonds. The third-order valence-corrected chi connectivity index (χ3v) is 3.69. The zero-order valence-corrected chi connectivity index (χ0v) is 13.1. The first kappa shape index (κ1) is 16.2. The summed E-state index contributed by atoms with van der Waals surface area (Å²) in [5.41, 5.74) is 1.15. The summed E-state index contributed by atoms with van der Waals surface area (Å²) in [7, 11) is 1.54. The minimum atomic E-state index is -0.231. The monoisotopic (exact) mass is 303 g/mol. The lowest BCUT2D eigenvalue weighted by Gasteiger charge is -2.28. The molecule has 0 aromatic heterocycles. The number of ketones is 1. The van der Waals surface area contributed by atoms with Gasteiger partial charge >= 0.3 is 0 Å². The predicted octanol–water partition coefficient (Wildman–Crippen LogP) is 3.09. The summed E-state index contributed by atoms with van der Waals surface area (Å²) in [6.45, 7) is 3.73. The summed E-state index contributed by atoms with van der Waals surface area (Å²) < 4.78 is 5.13. The first-order valence-corrected chi connectivity index (χ1v) is 7.13. The Labute approximate surface area is 130 Å². The molecule has 22 heavy (non-hydrogen) atoms. The molecule has 2 rings (SSSR count). The van der Waals surface area contributed by atoms with E-state index in [0.29, 0.717) is 29.8 Å². The van der Waals surface area contributed by atoms with Crippen molar-refractivity contribution in [1.29, 1.82) is 0 Å². The fraction of sp³-hybridized carbons (Fsp3) is 0.412. The van der Waals surface area contributed by atoms with E-state index in [0.717, 1.165) is 0 Å². The molecule has 0 bridgehead atoms. The number of rotatable bonds is 4. The number of hydrogen-bond acceptors (Lipinski definition) is 5. The zero-order valence-electron chi connectivity index (χ0n) is 13.1. The highest BCUT2D eigenvalue weighted by atomic mass is 16.5. The summed E-state index contributed by atoms with van der Waals surface area (Å²) in [4.78, 5) is 16.4. The fourth-order valence-corrected chi connectivity index (χ4v) is 2.51. The second kappa shape index (κ2) is 6.32. The van der Waals surface area contributed by atoms with Gasteiger partial charge in [-0.25, -0.2) is 0 Å². The fourth-order valence-electron chi connectivity index (χ4n) is 2.51. The molecule has 0 fully saturated rings. The van der Waals surface area contributed by atoms with E-state index >= 15 is 0 Å². The van der Waals surface area contributed by atoms with Crippen molar-refractivity contribution in [2.45, 2.75) is 33.3 Å². The van der Waals surface area contributed by atoms with Crippen molar-refractivity contribution in [3.63, 3.8) is 0 Å². The zero-order chi connectivity index (χ0) is 16.3. The smallest absolute Gasteiger partial charge is 0.168 e. The summed E-state index contributed by atoms with van der Waals surface area (Å²) in [5, 5.41) is 19.4. The Hall–Kier alpha value is -2.14. The third-order valence-electron chi connectivity index (χ3n) is 3.69. The van der Waals surface area contributed by atoms with Gasteiger partial charge in [0.15, 0.2) is 5.78 Å². The van der Waals surface area contributed by atoms with Crippen molar-refractivity contribution >= 4 is 17.7 Å². The van der Waals surface area contributed by atoms with Gasteiger partial charge in [0, 0.05) is 30.7 Å². The van der Waals surface area contributed by atoms with Crippen LogP contribution in [0.25, 0.3) is 0 Å². The Balaban J connectivity index is 2.34. The van der Waals surface area contributed by atoms with Gasteiger partial charge in [0.05, 0.1) is 25.0 Å². The molecule has 0 saturated heterocycles. The molecular weight excluding hydrogens is 282 g/mol. The second-order valence-corrected chi connectivity index (χ2v) is 6.21. The van der Waals surface area contributed by atoms with Crippen molar-refractivity contribution in [1.82, 2.24) is 0 Å². The highest BCUT2D eigenvalue weighted by Crippen LogP contribution is 2.35. The van der Waals surface area contributed by atoms with Crippen molar-refractivity contribution in [2.75, 3.05) is 7.11 Å². The molecular formula is C17H21NO4. The summed E-state index contributed by atoms with van der Waals surface area (Å²) >= 11 is 0. The highest BCUT2D eigenvalue weighted by Gasteiger charge is 2.32. The number of aliphatic imine (C=N–C) groups is 1. The van der Waals surface area contributed by atoms with E-state index in [9.17, 15) is 15.0 Å². The summed E-state index contributed by atoms with van der Waals surface area (Å²) in [6.07, 6.45) is 2.20. The molecule has 0 spiro atoms. The van der Waals surface area contributed by atoms with E-state index < -0.39 is 0 Å². The number of hydrogen-bond donors (Lipinski definition) is 2. The van der Waals surface area contributed by atoms with Crippen LogP contribution in [0.15, 0.2) is 34.5 Å². The largest absolute Gasteiger partial charge is 0.511 e. The van der Waals surface area contributed by atoms with Gasteiger partial charge in [0.1, 0.15) is 11.5 Å². The number of aliphatic hydroxyl groups is 2. The van der Waals surface area contributed by atoms with Gasteiger partial charge in [-0.15, -0.1) is 0 Å². The van der Waals surface area contributed by atoms with Crippen LogP contribution in [0.4, 0.5) is 5.69 Å². The molecule has 1 aliphatic carbocycles. The van der Waals surface area contributed by atoms with Gasteiger partial charge < -0.3 is 14.9 Å². The van der Waals surface area contributed by atoms with E-state index in [1.54, 1.807) is 25.3 Å². The molecule has 1 aromatic rings. The molecule has 2 N–H and O–H groups in total. The van der Waals surface area contributed by atoms with Crippen LogP contribution in [0.2, 0.25) is 0 Å². The molecule has 0 aliphatic heterocycles. The molecule has 5 nitrogen and oxygen atoms in total. The number of carbonyl (C=O) groups is 1. The molecule has 0 saturated carbocycles. The third kappa shape index (κ3) is 3.54. The van der Waals surface area contributed by atoms with Crippen molar-refractivity contribution in [3.8, 4) is 5.75 Å². The van der Waals surface area contributed by atoms with E-state index in [4.69, 9.17) is 4.74 Å². The first-order chi connectivity index (χ1) is 10.4. The lowest BCUT2D eigenvalue weighted by molar-refractivity contribution is -0.117. The maximum atomic E-state index is 12.1. The summed E-state index contributed by atoms with van der Waals surface area (Å²) in [5.74, 6) is 0.558. The molecule has 1 aromatic carbocycles. The Morgan fingerprint density at radius 3 is 2.68 bits per heavy atom. The maximum Gasteiger partial charge on any atom is 0.168 e. The SMILES string of the molecule is COc1ccc(CO)c(N=CC2=C(O)CC(C)(C)CC2=O)c1. The minimum absolute atomic E-state index is 0.0680. The van der Waals surface area contributed by atoms with Crippen LogP contribution < -0.4 is 4.74 Å². The van der Waals surface area contributed by atoms with Gasteiger partial charge in [-0.3, -0.25) is 9.79 Å². The topological polar surface area (TPSA) is 79.1 Å². The van der Waals surface area contributed by atoms with Crippen LogP contribution in [-0.2, 0) is 11.4 Å². The number of Topliss-reactive ketones (excluding diaryl/α,β-unsaturated/α-hetero) is 1. The van der Waals surface area contributed by atoms with Crippen molar-refractivity contribution < 1.29 is 19.7 Å². The van der Waals surface area contributed by atoms with E-state index in [1.807, 2.05) is 13.8 Å². The van der Waals surface area contributed by atoms with Crippen molar-refractivity contribution in [3.05, 3.63) is 35.1 Å². The van der Waals surface area contributed by atoms with Crippen LogP contribution in [0, 0.1) is 5.41 Å². The van der Waals surface area contributed by atoms with Gasteiger partial charge in [-0.2, -0.15) is 0 Å². The van der Waals surface area contributed by atoms with Crippen LogP contribution >= 0.6 is 0 Å². The number of allylic oxidation sites excluding steroid dienone is 2. The predicted molar refractivity (Wildman–Crippen MR) is 84.7 cm³/mol. The van der Waals surface area contributed by atoms with E-state index in [1.165, 1.54) is 6.21 Å². The van der Waals surface area contributed by atoms with Gasteiger partial charge in [0.25, 0.3) is 0 Å². The summed E-state index contributed by atoms with van der Waals surface area (Å²) in [6, 6.07) is 5.12. The Morgan fingerprint density at radius 1 is 1.36 bits per heavy atom. The number of methoxy groups -OCH3 is 1. The lowest BCUT2D eigenvalue weighted by atomic mass is 9.77. The number of benzene rings is 1. The lowest BCUT2D eigenvalue weighted by Crippen LogP contribution is -2.26. The van der Waals surface area contributed by atoms with Gasteiger partial charge in [0.2, 0.25) is 0 Å². The van der Waals surface area contributed by atoms with E-state index in [-0.39, 0.29) is 29.1 Å². The first-order valence-electron chi connectivity index (χ1n) is 7.13. The molecule has 0 radical (unpaired) electrons. The standard InChI is InChI=1S/C17H21NO4/c1-17(2)7-15(20)13(16(21)8-17)9-18-14-6-12(22-3)5-4-11(14)10-19/h4-6,9,19-20H,7-8,10H2,1-3H3. The van der Waals surface area contributed by atoms with Crippen molar-refractivity contribution in [2.24, 2.45) is 10.4 Å². The van der Waals surface area contributed by atoms with Gasteiger partial charge in [-0.05, 0) is 11.5 Å². The molecule has 118 valence electrons. The molecule has 0 atom stereocenters. The normalized spacial score (nSPS) is 18.1. The maximum absolute atomic E-state index is 12.1. The number of carbonyl (C=O) groups excluding carboxylic acids is 1. The Bertz CT molecular complexity index is 644. The average Bonchev–Trinajstić information content (AvgIpc) is 2.44. The molecule has 1 aliphatic rings. The molecule has 0 heterocycles. The number of ether oxygens (including phenoxy) is 1. The van der Waals surface area contributed by atoms with Crippen LogP contribution in [0.3, 0.4) is 0 Å². The average molecular weight is 303 g/mol. The number of nitrogens with zero attached hydrogens (tertiary/aromatic N) is 1. The molecule has 0 unspecified atom stereocenters. The van der Waals surface area contributed by atoms with Crippen LogP contribution in [0.1, 0.15) is 32.3 Å². The Morgan fingerprint density at radius 2 is 2.09 bits per heavy atom. The quantitative estimate of drug-likeness (QED) is 0.838. The minimum Gasteiger partial charge on any atom is -0.511 e. The van der Waals surface area contributed by atoms with Crippen LogP contribution in [0.5, 0.6) is 5.75 Å². The Kier molecular flexibility index (Phi) is 4.66. The van der Waals surface area contributed by atoms with Crippen LogP contribution in [-0.4, -0.2) is 29.3 Å². The van der Waals surface area contributed by atoms with Gasteiger partial charge in [-0.1, -0.05) is 19.9 Å². The van der Waals surface area contributed by atoms with E-state index in [2.05, 4.69) is 4.99 Å². The molecule has 5 heteroatoms.